The Labute approximate surface area is 203 Å². The lowest BCUT2D eigenvalue weighted by atomic mass is 9.93. The van der Waals surface area contributed by atoms with Gasteiger partial charge in [-0.25, -0.2) is 19.8 Å². The SMILES string of the molecule is NS(=O)(=O)NCCC1CCN(c2nc(-c3ccccn3)nc3scc(-c4ccccc4)c23)CC1. The predicted molar refractivity (Wildman–Crippen MR) is 137 cm³/mol. The standard InChI is InChI=1S/C24H26N6O2S2/c25-34(31,32)27-13-9-17-10-14-30(15-11-17)23-21-19(18-6-2-1-3-7-18)16-33-24(21)29-22(28-23)20-8-4-5-12-26-20/h1-8,12,16-17,27H,9-11,13-15H2,(H2,25,31,32). The number of hydrogen-bond donors (Lipinski definition) is 2. The van der Waals surface area contributed by atoms with Gasteiger partial charge in [-0.2, -0.15) is 8.42 Å². The van der Waals surface area contributed by atoms with E-state index in [-0.39, 0.29) is 0 Å². The maximum Gasteiger partial charge on any atom is 0.274 e. The van der Waals surface area contributed by atoms with Crippen LogP contribution in [0.5, 0.6) is 0 Å². The van der Waals surface area contributed by atoms with Gasteiger partial charge in [-0.3, -0.25) is 4.98 Å². The molecule has 1 fully saturated rings. The van der Waals surface area contributed by atoms with E-state index in [0.29, 0.717) is 18.3 Å². The smallest absolute Gasteiger partial charge is 0.274 e. The van der Waals surface area contributed by atoms with E-state index in [1.165, 1.54) is 0 Å². The van der Waals surface area contributed by atoms with Gasteiger partial charge in [0.2, 0.25) is 0 Å². The zero-order valence-corrected chi connectivity index (χ0v) is 20.2. The fourth-order valence-corrected chi connectivity index (χ4v) is 5.77. The first-order chi connectivity index (χ1) is 16.5. The van der Waals surface area contributed by atoms with Gasteiger partial charge in [0, 0.05) is 36.8 Å². The van der Waals surface area contributed by atoms with Gasteiger partial charge in [0.15, 0.2) is 5.82 Å². The second kappa shape index (κ2) is 9.75. The van der Waals surface area contributed by atoms with Crippen LogP contribution in [0, 0.1) is 5.92 Å². The Morgan fingerprint density at radius 2 is 1.82 bits per heavy atom. The fraction of sp³-hybridized carbons (Fsp3) is 0.292. The van der Waals surface area contributed by atoms with Crippen molar-refractivity contribution in [1.82, 2.24) is 19.7 Å². The zero-order valence-electron chi connectivity index (χ0n) is 18.6. The minimum absolute atomic E-state index is 0.369. The molecule has 0 amide bonds. The molecule has 4 aromatic rings. The van der Waals surface area contributed by atoms with Crippen LogP contribution in [-0.4, -0.2) is 43.0 Å². The van der Waals surface area contributed by atoms with Crippen LogP contribution in [0.4, 0.5) is 5.82 Å². The minimum atomic E-state index is -3.64. The summed E-state index contributed by atoms with van der Waals surface area (Å²) in [5.41, 5.74) is 3.04. The van der Waals surface area contributed by atoms with Crippen molar-refractivity contribution in [2.75, 3.05) is 24.5 Å². The minimum Gasteiger partial charge on any atom is -0.356 e. The third-order valence-electron chi connectivity index (χ3n) is 6.16. The molecule has 0 saturated carbocycles. The number of aromatic nitrogens is 3. The van der Waals surface area contributed by atoms with Crippen molar-refractivity contribution >= 4 is 37.6 Å². The molecule has 0 radical (unpaired) electrons. The predicted octanol–water partition coefficient (Wildman–Crippen LogP) is 3.82. The van der Waals surface area contributed by atoms with Crippen molar-refractivity contribution < 1.29 is 8.42 Å². The number of pyridine rings is 1. The summed E-state index contributed by atoms with van der Waals surface area (Å²) in [6.45, 7) is 2.06. The van der Waals surface area contributed by atoms with E-state index in [1.807, 2.05) is 36.4 Å². The first-order valence-electron chi connectivity index (χ1n) is 11.3. The van der Waals surface area contributed by atoms with Crippen LogP contribution in [-0.2, 0) is 10.2 Å². The van der Waals surface area contributed by atoms with E-state index in [1.54, 1.807) is 17.5 Å². The van der Waals surface area contributed by atoms with Crippen molar-refractivity contribution in [3.05, 3.63) is 60.1 Å². The van der Waals surface area contributed by atoms with Gasteiger partial charge in [0.25, 0.3) is 10.2 Å². The summed E-state index contributed by atoms with van der Waals surface area (Å²) in [4.78, 5) is 17.6. The van der Waals surface area contributed by atoms with Crippen LogP contribution in [0.2, 0.25) is 0 Å². The van der Waals surface area contributed by atoms with E-state index in [4.69, 9.17) is 15.1 Å². The van der Waals surface area contributed by atoms with Gasteiger partial charge in [0.05, 0.1) is 5.39 Å². The van der Waals surface area contributed by atoms with E-state index in [2.05, 4.69) is 32.1 Å². The Morgan fingerprint density at radius 1 is 1.06 bits per heavy atom. The van der Waals surface area contributed by atoms with Gasteiger partial charge in [-0.1, -0.05) is 36.4 Å². The molecule has 5 rings (SSSR count). The molecule has 0 spiro atoms. The molecule has 1 saturated heterocycles. The first-order valence-corrected chi connectivity index (χ1v) is 13.7. The molecule has 0 aliphatic carbocycles. The summed E-state index contributed by atoms with van der Waals surface area (Å²) in [5, 5.41) is 8.28. The quantitative estimate of drug-likeness (QED) is 0.404. The summed E-state index contributed by atoms with van der Waals surface area (Å²) in [6, 6.07) is 16.1. The number of thiophene rings is 1. The number of nitrogens with zero attached hydrogens (tertiary/aromatic N) is 4. The third-order valence-corrected chi connectivity index (χ3v) is 7.64. The van der Waals surface area contributed by atoms with Crippen LogP contribution in [0.15, 0.2) is 60.1 Å². The number of hydrogen-bond acceptors (Lipinski definition) is 7. The van der Waals surface area contributed by atoms with Crippen LogP contribution in [0.25, 0.3) is 32.9 Å². The van der Waals surface area contributed by atoms with Crippen LogP contribution < -0.4 is 14.8 Å². The monoisotopic (exact) mass is 494 g/mol. The number of fused-ring (bicyclic) bond motifs is 1. The number of anilines is 1. The summed E-state index contributed by atoms with van der Waals surface area (Å²) >= 11 is 1.63. The van der Waals surface area contributed by atoms with E-state index >= 15 is 0 Å². The second-order valence-electron chi connectivity index (χ2n) is 8.44. The zero-order chi connectivity index (χ0) is 23.5. The molecule has 176 valence electrons. The third kappa shape index (κ3) is 5.10. The van der Waals surface area contributed by atoms with Crippen LogP contribution in [0.1, 0.15) is 19.3 Å². The Morgan fingerprint density at radius 3 is 2.53 bits per heavy atom. The van der Waals surface area contributed by atoms with E-state index < -0.39 is 10.2 Å². The summed E-state index contributed by atoms with van der Waals surface area (Å²) < 4.78 is 24.7. The molecule has 1 aromatic carbocycles. The lowest BCUT2D eigenvalue weighted by Crippen LogP contribution is -2.37. The highest BCUT2D eigenvalue weighted by Crippen LogP contribution is 2.40. The largest absolute Gasteiger partial charge is 0.356 e. The van der Waals surface area contributed by atoms with Gasteiger partial charge >= 0.3 is 0 Å². The molecule has 3 aromatic heterocycles. The molecular weight excluding hydrogens is 468 g/mol. The maximum absolute atomic E-state index is 11.1. The highest BCUT2D eigenvalue weighted by Gasteiger charge is 2.25. The lowest BCUT2D eigenvalue weighted by molar-refractivity contribution is 0.381. The van der Waals surface area contributed by atoms with Crippen LogP contribution in [0.3, 0.4) is 0 Å². The van der Waals surface area contributed by atoms with Crippen molar-refractivity contribution in [1.29, 1.82) is 0 Å². The number of rotatable bonds is 7. The molecule has 34 heavy (non-hydrogen) atoms. The number of nitrogens with two attached hydrogens (primary N) is 1. The molecule has 0 atom stereocenters. The summed E-state index contributed by atoms with van der Waals surface area (Å²) in [6.07, 6.45) is 4.45. The highest BCUT2D eigenvalue weighted by atomic mass is 32.2. The maximum atomic E-state index is 11.1. The molecule has 3 N–H and O–H groups in total. The van der Waals surface area contributed by atoms with Gasteiger partial charge in [-0.05, 0) is 42.9 Å². The van der Waals surface area contributed by atoms with Crippen molar-refractivity contribution in [2.24, 2.45) is 11.1 Å². The second-order valence-corrected chi connectivity index (χ2v) is 10.7. The van der Waals surface area contributed by atoms with Crippen molar-refractivity contribution in [3.63, 3.8) is 0 Å². The van der Waals surface area contributed by atoms with Crippen molar-refractivity contribution in [2.45, 2.75) is 19.3 Å². The molecule has 0 unspecified atom stereocenters. The summed E-state index contributed by atoms with van der Waals surface area (Å²) in [5.74, 6) is 2.00. The topological polar surface area (TPSA) is 114 Å². The molecule has 1 aliphatic heterocycles. The van der Waals surface area contributed by atoms with E-state index in [0.717, 1.165) is 65.2 Å². The average Bonchev–Trinajstić information content (AvgIpc) is 3.28. The van der Waals surface area contributed by atoms with E-state index in [9.17, 15) is 8.42 Å². The van der Waals surface area contributed by atoms with Gasteiger partial charge < -0.3 is 4.90 Å². The van der Waals surface area contributed by atoms with Gasteiger partial charge in [-0.15, -0.1) is 11.3 Å². The fourth-order valence-electron chi connectivity index (χ4n) is 4.43. The lowest BCUT2D eigenvalue weighted by Gasteiger charge is -2.33. The Bertz CT molecular complexity index is 1370. The molecule has 4 heterocycles. The number of benzene rings is 1. The molecule has 1 aliphatic rings. The van der Waals surface area contributed by atoms with Crippen molar-refractivity contribution in [3.8, 4) is 22.6 Å². The molecular formula is C24H26N6O2S2. The molecule has 8 nitrogen and oxygen atoms in total. The highest BCUT2D eigenvalue weighted by molar-refractivity contribution is 7.87. The normalized spacial score (nSPS) is 15.1. The number of piperidine rings is 1. The Kier molecular flexibility index (Phi) is 6.55. The number of nitrogens with one attached hydrogen (secondary N) is 1. The average molecular weight is 495 g/mol. The first kappa shape index (κ1) is 22.9. The summed E-state index contributed by atoms with van der Waals surface area (Å²) in [7, 11) is -3.64. The Hall–Kier alpha value is -2.92. The van der Waals surface area contributed by atoms with Gasteiger partial charge in [0.1, 0.15) is 16.3 Å². The molecule has 10 heteroatoms. The van der Waals surface area contributed by atoms with Crippen LogP contribution >= 0.6 is 11.3 Å². The molecule has 0 bridgehead atoms. The Balaban J connectivity index is 1.47.